The van der Waals surface area contributed by atoms with Crippen LogP contribution in [0.5, 0.6) is 11.5 Å². The average Bonchev–Trinajstić information content (AvgIpc) is 2.65. The third-order valence-corrected chi connectivity index (χ3v) is 5.54. The fourth-order valence-electron chi connectivity index (χ4n) is 3.62. The second-order valence-electron chi connectivity index (χ2n) is 6.68. The van der Waals surface area contributed by atoms with Crippen LogP contribution in [0.15, 0.2) is 59.1 Å². The lowest BCUT2D eigenvalue weighted by atomic mass is 10.0. The minimum Gasteiger partial charge on any atom is -0.508 e. The predicted octanol–water partition coefficient (Wildman–Crippen LogP) is 4.34. The summed E-state index contributed by atoms with van der Waals surface area (Å²) < 4.78 is 1.04. The van der Waals surface area contributed by atoms with E-state index < -0.39 is 0 Å². The van der Waals surface area contributed by atoms with E-state index in [1.165, 1.54) is 0 Å². The number of piperazine rings is 1. The summed E-state index contributed by atoms with van der Waals surface area (Å²) in [5.74, 6) is 0.682. The van der Waals surface area contributed by atoms with E-state index in [1.807, 2.05) is 30.3 Å². The topological polar surface area (TPSA) is 46.9 Å². The van der Waals surface area contributed by atoms with E-state index in [0.29, 0.717) is 11.5 Å². The maximum atomic E-state index is 10.4. The zero-order chi connectivity index (χ0) is 18.1. The Morgan fingerprint density at radius 3 is 2.38 bits per heavy atom. The first-order valence-electron chi connectivity index (χ1n) is 8.77. The monoisotopic (exact) mass is 412 g/mol. The van der Waals surface area contributed by atoms with Gasteiger partial charge in [0.15, 0.2) is 0 Å². The Labute approximate surface area is 161 Å². The molecule has 0 unspecified atom stereocenters. The highest BCUT2D eigenvalue weighted by Gasteiger charge is 2.20. The predicted molar refractivity (Wildman–Crippen MR) is 109 cm³/mol. The molecule has 1 heterocycles. The highest BCUT2D eigenvalue weighted by atomic mass is 79.9. The number of anilines is 1. The van der Waals surface area contributed by atoms with E-state index in [-0.39, 0.29) is 0 Å². The summed E-state index contributed by atoms with van der Waals surface area (Å²) in [5, 5.41) is 22.7. The molecule has 0 bridgehead atoms. The van der Waals surface area contributed by atoms with Crippen molar-refractivity contribution in [1.82, 2.24) is 4.90 Å². The van der Waals surface area contributed by atoms with Gasteiger partial charge in [0.2, 0.25) is 0 Å². The zero-order valence-corrected chi connectivity index (χ0v) is 16.0. The van der Waals surface area contributed by atoms with Gasteiger partial charge in [-0.1, -0.05) is 40.2 Å². The minimum absolute atomic E-state index is 0.332. The molecule has 134 valence electrons. The van der Waals surface area contributed by atoms with E-state index in [4.69, 9.17) is 0 Å². The molecule has 0 atom stereocenters. The number of phenolic OH excluding ortho intramolecular Hbond substituents is 2. The molecule has 1 aliphatic heterocycles. The molecule has 3 aromatic carbocycles. The number of aromatic hydroxyl groups is 2. The molecule has 2 N–H and O–H groups in total. The summed E-state index contributed by atoms with van der Waals surface area (Å²) in [6, 6.07) is 17.4. The summed E-state index contributed by atoms with van der Waals surface area (Å²) in [6.45, 7) is 4.21. The molecule has 1 saturated heterocycles. The van der Waals surface area contributed by atoms with Gasteiger partial charge in [-0.15, -0.1) is 0 Å². The maximum Gasteiger partial charge on any atom is 0.138 e. The van der Waals surface area contributed by atoms with Crippen LogP contribution >= 0.6 is 15.9 Å². The summed E-state index contributed by atoms with van der Waals surface area (Å²) in [4.78, 5) is 4.57. The lowest BCUT2D eigenvalue weighted by Crippen LogP contribution is -2.46. The first-order valence-corrected chi connectivity index (χ1v) is 9.56. The average molecular weight is 413 g/mol. The highest BCUT2D eigenvalue weighted by molar-refractivity contribution is 9.10. The number of hydrogen-bond donors (Lipinski definition) is 2. The fourth-order valence-corrected chi connectivity index (χ4v) is 4.00. The first kappa shape index (κ1) is 17.2. The molecule has 0 amide bonds. The number of para-hydroxylation sites is 2. The summed E-state index contributed by atoms with van der Waals surface area (Å²) in [7, 11) is 0. The Hall–Kier alpha value is -2.24. The molecule has 1 aliphatic rings. The van der Waals surface area contributed by atoms with Gasteiger partial charge >= 0.3 is 0 Å². The van der Waals surface area contributed by atoms with E-state index >= 15 is 0 Å². The van der Waals surface area contributed by atoms with Crippen molar-refractivity contribution in [2.75, 3.05) is 31.1 Å². The van der Waals surface area contributed by atoms with Crippen LogP contribution in [0.1, 0.15) is 5.56 Å². The lowest BCUT2D eigenvalue weighted by Gasteiger charge is -2.36. The summed E-state index contributed by atoms with van der Waals surface area (Å²) >= 11 is 3.51. The van der Waals surface area contributed by atoms with Crippen molar-refractivity contribution in [3.05, 3.63) is 64.6 Å². The van der Waals surface area contributed by atoms with Crippen LogP contribution in [-0.4, -0.2) is 41.3 Å². The van der Waals surface area contributed by atoms with Crippen LogP contribution < -0.4 is 4.90 Å². The van der Waals surface area contributed by atoms with E-state index in [9.17, 15) is 10.2 Å². The second kappa shape index (κ2) is 7.17. The molecular formula is C21H21BrN2O2. The van der Waals surface area contributed by atoms with Crippen molar-refractivity contribution in [3.8, 4) is 11.5 Å². The molecule has 0 aliphatic carbocycles. The minimum atomic E-state index is 0.332. The molecule has 0 radical (unpaired) electrons. The maximum absolute atomic E-state index is 10.4. The highest BCUT2D eigenvalue weighted by Crippen LogP contribution is 2.31. The molecule has 4 rings (SSSR count). The molecule has 4 nitrogen and oxygen atoms in total. The van der Waals surface area contributed by atoms with Gasteiger partial charge in [0.1, 0.15) is 11.5 Å². The molecule has 0 saturated carbocycles. The van der Waals surface area contributed by atoms with Crippen LogP contribution in [0.4, 0.5) is 5.69 Å². The number of fused-ring (bicyclic) bond motifs is 1. The summed E-state index contributed by atoms with van der Waals surface area (Å²) in [6.07, 6.45) is 0. The second-order valence-corrected chi connectivity index (χ2v) is 7.60. The van der Waals surface area contributed by atoms with Crippen LogP contribution in [0.25, 0.3) is 10.8 Å². The van der Waals surface area contributed by atoms with Gasteiger partial charge < -0.3 is 15.1 Å². The van der Waals surface area contributed by atoms with Crippen molar-refractivity contribution >= 4 is 32.4 Å². The number of phenols is 2. The largest absolute Gasteiger partial charge is 0.508 e. The number of nitrogens with zero attached hydrogens (tertiary/aromatic N) is 2. The third-order valence-electron chi connectivity index (χ3n) is 5.05. The standard InChI is InChI=1S/C21H21BrN2O2/c22-16-6-7-17-15(13-16)5-8-20(25)18(17)14-23-9-11-24(12-10-23)19-3-1-2-4-21(19)26/h1-8,13,25-26H,9-12,14H2. The Balaban J connectivity index is 1.51. The summed E-state index contributed by atoms with van der Waals surface area (Å²) in [5.41, 5.74) is 1.87. The lowest BCUT2D eigenvalue weighted by molar-refractivity contribution is 0.247. The van der Waals surface area contributed by atoms with Crippen LogP contribution in [-0.2, 0) is 6.54 Å². The Morgan fingerprint density at radius 1 is 0.846 bits per heavy atom. The van der Waals surface area contributed by atoms with Crippen LogP contribution in [0.3, 0.4) is 0 Å². The molecular weight excluding hydrogens is 392 g/mol. The van der Waals surface area contributed by atoms with Crippen molar-refractivity contribution in [2.24, 2.45) is 0 Å². The van der Waals surface area contributed by atoms with Gasteiger partial charge in [0, 0.05) is 42.8 Å². The Kier molecular flexibility index (Phi) is 4.74. The molecule has 3 aromatic rings. The van der Waals surface area contributed by atoms with Crippen LogP contribution in [0, 0.1) is 0 Å². The number of rotatable bonds is 3. The quantitative estimate of drug-likeness (QED) is 0.671. The van der Waals surface area contributed by atoms with Gasteiger partial charge in [-0.2, -0.15) is 0 Å². The van der Waals surface area contributed by atoms with Crippen molar-refractivity contribution in [1.29, 1.82) is 0 Å². The molecule has 0 aromatic heterocycles. The normalized spacial score (nSPS) is 15.5. The first-order chi connectivity index (χ1) is 12.6. The third kappa shape index (κ3) is 3.37. The Bertz CT molecular complexity index is 936. The fraction of sp³-hybridized carbons (Fsp3) is 0.238. The SMILES string of the molecule is Oc1ccccc1N1CCN(Cc2c(O)ccc3cc(Br)ccc23)CC1. The molecule has 1 fully saturated rings. The number of halogens is 1. The van der Waals surface area contributed by atoms with Crippen molar-refractivity contribution < 1.29 is 10.2 Å². The number of benzene rings is 3. The smallest absolute Gasteiger partial charge is 0.138 e. The van der Waals surface area contributed by atoms with Gasteiger partial charge in [-0.25, -0.2) is 0 Å². The van der Waals surface area contributed by atoms with Gasteiger partial charge in [0.25, 0.3) is 0 Å². The Morgan fingerprint density at radius 2 is 1.62 bits per heavy atom. The zero-order valence-electron chi connectivity index (χ0n) is 14.4. The van der Waals surface area contributed by atoms with Crippen molar-refractivity contribution in [3.63, 3.8) is 0 Å². The van der Waals surface area contributed by atoms with Gasteiger partial charge in [-0.05, 0) is 41.1 Å². The van der Waals surface area contributed by atoms with Crippen molar-refractivity contribution in [2.45, 2.75) is 6.54 Å². The van der Waals surface area contributed by atoms with E-state index in [0.717, 1.165) is 59.2 Å². The number of hydrogen-bond acceptors (Lipinski definition) is 4. The molecule has 26 heavy (non-hydrogen) atoms. The van der Waals surface area contributed by atoms with Gasteiger partial charge in [0.05, 0.1) is 5.69 Å². The van der Waals surface area contributed by atoms with Gasteiger partial charge in [-0.3, -0.25) is 4.90 Å². The van der Waals surface area contributed by atoms with Crippen LogP contribution in [0.2, 0.25) is 0 Å². The molecule has 0 spiro atoms. The van der Waals surface area contributed by atoms with E-state index in [1.54, 1.807) is 12.1 Å². The molecule has 5 heteroatoms. The van der Waals surface area contributed by atoms with E-state index in [2.05, 4.69) is 37.9 Å².